The van der Waals surface area contributed by atoms with Crippen LogP contribution in [-0.4, -0.2) is 65.4 Å². The molecule has 7 nitrogen and oxygen atoms in total. The van der Waals surface area contributed by atoms with Crippen molar-refractivity contribution in [3.8, 4) is 0 Å². The number of thioether (sulfide) groups is 1. The van der Waals surface area contributed by atoms with Gasteiger partial charge in [-0.1, -0.05) is 35.5 Å². The number of hydrogen-bond donors (Lipinski definition) is 0. The highest BCUT2D eigenvalue weighted by atomic mass is 32.2. The summed E-state index contributed by atoms with van der Waals surface area (Å²) in [6.45, 7) is 8.54. The number of carbonyl (C=O) groups is 2. The number of nitrogens with zero attached hydrogens (tertiary/aromatic N) is 3. The number of hydrogen-bond acceptors (Lipinski definition) is 7. The molecule has 0 spiro atoms. The van der Waals surface area contributed by atoms with Gasteiger partial charge in [-0.05, 0) is 44.2 Å². The third-order valence-electron chi connectivity index (χ3n) is 6.07. The number of rotatable bonds is 5. The first-order chi connectivity index (χ1) is 17.0. The van der Waals surface area contributed by atoms with Crippen LogP contribution in [0.1, 0.15) is 43.0 Å². The minimum Gasteiger partial charge on any atom is -0.459 e. The number of ether oxygens (including phenoxy) is 2. The van der Waals surface area contributed by atoms with Crippen LogP contribution in [0.5, 0.6) is 0 Å². The van der Waals surface area contributed by atoms with Crippen LogP contribution in [0.4, 0.5) is 13.2 Å². The summed E-state index contributed by atoms with van der Waals surface area (Å²) >= 11 is 1.01. The second-order valence-electron chi connectivity index (χ2n) is 9.14. The zero-order valence-electron chi connectivity index (χ0n) is 20.5. The van der Waals surface area contributed by atoms with E-state index in [9.17, 15) is 22.8 Å². The van der Waals surface area contributed by atoms with Gasteiger partial charge in [-0.15, -0.1) is 0 Å². The molecule has 1 fully saturated rings. The molecule has 0 bridgehead atoms. The van der Waals surface area contributed by atoms with Crippen LogP contribution in [0.25, 0.3) is 0 Å². The maximum absolute atomic E-state index is 14.3. The Kier molecular flexibility index (Phi) is 7.51. The fourth-order valence-corrected chi connectivity index (χ4v) is 5.30. The van der Waals surface area contributed by atoms with Gasteiger partial charge in [-0.2, -0.15) is 13.2 Å². The number of alkyl halides is 3. The van der Waals surface area contributed by atoms with E-state index in [-0.39, 0.29) is 17.5 Å². The molecule has 0 aliphatic carbocycles. The van der Waals surface area contributed by atoms with E-state index >= 15 is 0 Å². The van der Waals surface area contributed by atoms with Crippen molar-refractivity contribution < 1.29 is 32.2 Å². The highest BCUT2D eigenvalue weighted by Crippen LogP contribution is 2.49. The number of benzene rings is 1. The van der Waals surface area contributed by atoms with Gasteiger partial charge in [0.15, 0.2) is 10.9 Å². The quantitative estimate of drug-likeness (QED) is 0.525. The molecule has 36 heavy (non-hydrogen) atoms. The second-order valence-corrected chi connectivity index (χ2v) is 9.97. The molecule has 0 aromatic heterocycles. The molecule has 1 atom stereocenters. The predicted octanol–water partition coefficient (Wildman–Crippen LogP) is 4.62. The van der Waals surface area contributed by atoms with Crippen molar-refractivity contribution in [2.75, 3.05) is 26.3 Å². The topological polar surface area (TPSA) is 71.4 Å². The number of morpholine rings is 1. The molecule has 1 aromatic rings. The van der Waals surface area contributed by atoms with Gasteiger partial charge < -0.3 is 19.3 Å². The monoisotopic (exact) mass is 523 g/mol. The molecule has 3 aliphatic heterocycles. The minimum atomic E-state index is -4.88. The number of esters is 1. The zero-order chi connectivity index (χ0) is 26.2. The summed E-state index contributed by atoms with van der Waals surface area (Å²) < 4.78 is 53.4. The van der Waals surface area contributed by atoms with Crippen LogP contribution in [-0.2, 0) is 19.1 Å². The lowest BCUT2D eigenvalue weighted by atomic mass is 9.89. The third-order valence-corrected chi connectivity index (χ3v) is 6.96. The molecule has 1 unspecified atom stereocenters. The Balaban J connectivity index is 1.83. The average Bonchev–Trinajstić information content (AvgIpc) is 3.21. The smallest absolute Gasteiger partial charge is 0.434 e. The normalized spacial score (nSPS) is 20.4. The van der Waals surface area contributed by atoms with Crippen LogP contribution < -0.4 is 0 Å². The lowest BCUT2D eigenvalue weighted by Crippen LogP contribution is -2.43. The molecular formula is C25H28F3N3O4S. The van der Waals surface area contributed by atoms with Crippen molar-refractivity contribution >= 4 is 28.8 Å². The van der Waals surface area contributed by atoms with Crippen molar-refractivity contribution in [3.05, 3.63) is 57.3 Å². The average molecular weight is 524 g/mol. The Hall–Kier alpha value is -2.79. The first kappa shape index (κ1) is 26.3. The SMILES string of the molecule is Cc1ccc(C)c(C2C(C(=O)OC(C)C)=C(C(F)(F)F)N=C3SC=C(CC(=O)N4CCOCC4)N32)c1. The summed E-state index contributed by atoms with van der Waals surface area (Å²) in [5.74, 6) is -1.25. The van der Waals surface area contributed by atoms with E-state index < -0.39 is 35.6 Å². The number of aryl methyl sites for hydroxylation is 2. The molecule has 1 amide bonds. The Morgan fingerprint density at radius 2 is 1.92 bits per heavy atom. The molecule has 3 aliphatic rings. The number of amides is 1. The zero-order valence-corrected chi connectivity index (χ0v) is 21.3. The van der Waals surface area contributed by atoms with Crippen LogP contribution in [0.2, 0.25) is 0 Å². The molecule has 3 heterocycles. The van der Waals surface area contributed by atoms with Crippen LogP contribution in [0, 0.1) is 13.8 Å². The fourth-order valence-electron chi connectivity index (χ4n) is 4.39. The molecule has 0 N–H and O–H groups in total. The molecule has 0 saturated carbocycles. The molecular weight excluding hydrogens is 495 g/mol. The number of halogens is 3. The van der Waals surface area contributed by atoms with Crippen LogP contribution in [0.15, 0.2) is 45.6 Å². The summed E-state index contributed by atoms with van der Waals surface area (Å²) in [5.41, 5.74) is 0.683. The lowest BCUT2D eigenvalue weighted by molar-refractivity contribution is -0.145. The van der Waals surface area contributed by atoms with Gasteiger partial charge in [0.2, 0.25) is 5.91 Å². The van der Waals surface area contributed by atoms with Crippen LogP contribution in [0.3, 0.4) is 0 Å². The molecule has 0 radical (unpaired) electrons. The number of amidine groups is 1. The van der Waals surface area contributed by atoms with E-state index in [2.05, 4.69) is 4.99 Å². The summed E-state index contributed by atoms with van der Waals surface area (Å²) in [5, 5.41) is 1.71. The van der Waals surface area contributed by atoms with E-state index in [0.717, 1.165) is 17.3 Å². The van der Waals surface area contributed by atoms with Crippen molar-refractivity contribution in [1.29, 1.82) is 0 Å². The highest BCUT2D eigenvalue weighted by Gasteiger charge is 2.49. The summed E-state index contributed by atoms with van der Waals surface area (Å²) in [6.07, 6.45) is -5.55. The molecule has 11 heteroatoms. The maximum atomic E-state index is 14.3. The second kappa shape index (κ2) is 10.3. The molecule has 1 aromatic carbocycles. The van der Waals surface area contributed by atoms with Gasteiger partial charge in [0.25, 0.3) is 0 Å². The van der Waals surface area contributed by atoms with Gasteiger partial charge in [-0.25, -0.2) is 9.79 Å². The van der Waals surface area contributed by atoms with Gasteiger partial charge in [0.05, 0.1) is 37.4 Å². The predicted molar refractivity (Wildman–Crippen MR) is 130 cm³/mol. The van der Waals surface area contributed by atoms with Gasteiger partial charge in [0, 0.05) is 18.8 Å². The Morgan fingerprint density at radius 1 is 1.22 bits per heavy atom. The van der Waals surface area contributed by atoms with E-state index in [1.807, 2.05) is 13.0 Å². The standard InChI is InChI=1S/C25H28F3N3O4S/c1-14(2)35-23(33)20-21(18-11-15(3)5-6-16(18)4)31-17(12-19(32)30-7-9-34-10-8-30)13-36-24(31)29-22(20)25(26,27)28/h5-6,11,13-14,21H,7-10,12H2,1-4H3. The first-order valence-corrected chi connectivity index (χ1v) is 12.5. The number of carbonyl (C=O) groups excluding carboxylic acids is 2. The Morgan fingerprint density at radius 3 is 2.56 bits per heavy atom. The van der Waals surface area contributed by atoms with Gasteiger partial charge in [-0.3, -0.25) is 4.79 Å². The minimum absolute atomic E-state index is 0.0404. The van der Waals surface area contributed by atoms with Crippen molar-refractivity contribution in [2.45, 2.75) is 52.4 Å². The summed E-state index contributed by atoms with van der Waals surface area (Å²) in [6, 6.07) is 4.28. The molecule has 1 saturated heterocycles. The summed E-state index contributed by atoms with van der Waals surface area (Å²) in [7, 11) is 0. The third kappa shape index (κ3) is 5.31. The molecule has 4 rings (SSSR count). The van der Waals surface area contributed by atoms with E-state index in [1.54, 1.807) is 48.1 Å². The number of fused-ring (bicyclic) bond motifs is 1. The van der Waals surface area contributed by atoms with E-state index in [1.165, 1.54) is 0 Å². The Bertz CT molecular complexity index is 1150. The van der Waals surface area contributed by atoms with E-state index in [4.69, 9.17) is 9.47 Å². The Labute approximate surface area is 212 Å². The van der Waals surface area contributed by atoms with Crippen molar-refractivity contribution in [1.82, 2.24) is 9.80 Å². The van der Waals surface area contributed by atoms with Gasteiger partial charge >= 0.3 is 12.1 Å². The van der Waals surface area contributed by atoms with Gasteiger partial charge in [0.1, 0.15) is 0 Å². The number of aliphatic imine (C=N–C) groups is 1. The fraction of sp³-hybridized carbons (Fsp3) is 0.480. The lowest BCUT2D eigenvalue weighted by Gasteiger charge is -2.38. The van der Waals surface area contributed by atoms with Crippen molar-refractivity contribution in [3.63, 3.8) is 0 Å². The molecule has 194 valence electrons. The highest BCUT2D eigenvalue weighted by molar-refractivity contribution is 8.16. The number of allylic oxidation sites excluding steroid dienone is 1. The maximum Gasteiger partial charge on any atom is 0.434 e. The van der Waals surface area contributed by atoms with Crippen LogP contribution >= 0.6 is 11.8 Å². The summed E-state index contributed by atoms with van der Waals surface area (Å²) in [4.78, 5) is 33.4. The first-order valence-electron chi connectivity index (χ1n) is 11.7. The largest absolute Gasteiger partial charge is 0.459 e. The van der Waals surface area contributed by atoms with Crippen molar-refractivity contribution in [2.24, 2.45) is 4.99 Å². The van der Waals surface area contributed by atoms with E-state index in [0.29, 0.717) is 43.1 Å².